The Labute approximate surface area is 155 Å². The summed E-state index contributed by atoms with van der Waals surface area (Å²) in [5.74, 6) is -0.833. The molecule has 0 atom stereocenters. The van der Waals surface area contributed by atoms with E-state index in [4.69, 9.17) is 10.00 Å². The van der Waals surface area contributed by atoms with Crippen LogP contribution in [0.3, 0.4) is 0 Å². The average Bonchev–Trinajstić information content (AvgIpc) is 3.03. The van der Waals surface area contributed by atoms with Crippen LogP contribution >= 0.6 is 0 Å². The molecular formula is C20H14N4O3. The summed E-state index contributed by atoms with van der Waals surface area (Å²) in [6.45, 7) is -0.484. The number of aryl methyl sites for hydroxylation is 1. The fourth-order valence-electron chi connectivity index (χ4n) is 2.62. The zero-order valence-corrected chi connectivity index (χ0v) is 14.4. The normalized spacial score (nSPS) is 11.4. The molecule has 132 valence electrons. The van der Waals surface area contributed by atoms with Crippen LogP contribution in [0, 0.1) is 22.7 Å². The van der Waals surface area contributed by atoms with Crippen LogP contribution in [0.15, 0.2) is 54.3 Å². The van der Waals surface area contributed by atoms with Crippen LogP contribution in [0.4, 0.5) is 0 Å². The Morgan fingerprint density at radius 3 is 2.70 bits per heavy atom. The average molecular weight is 358 g/mol. The fourth-order valence-corrected chi connectivity index (χ4v) is 2.62. The molecular weight excluding hydrogens is 344 g/mol. The molecule has 0 radical (unpaired) electrons. The van der Waals surface area contributed by atoms with Crippen molar-refractivity contribution in [2.75, 3.05) is 6.61 Å². The lowest BCUT2D eigenvalue weighted by molar-refractivity contribution is 0.0502. The third kappa shape index (κ3) is 3.48. The maximum absolute atomic E-state index is 12.1. The fraction of sp³-hybridized carbons (Fsp3) is 0.100. The van der Waals surface area contributed by atoms with Gasteiger partial charge in [0, 0.05) is 7.05 Å². The first kappa shape index (κ1) is 17.7. The third-order valence-electron chi connectivity index (χ3n) is 3.98. The van der Waals surface area contributed by atoms with Crippen LogP contribution in [-0.4, -0.2) is 27.2 Å². The summed E-state index contributed by atoms with van der Waals surface area (Å²) >= 11 is 0. The van der Waals surface area contributed by atoms with Crippen LogP contribution in [0.25, 0.3) is 16.6 Å². The first-order valence-electron chi connectivity index (χ1n) is 7.96. The number of hydrogen-bond acceptors (Lipinski definition) is 6. The van der Waals surface area contributed by atoms with E-state index in [1.54, 1.807) is 29.8 Å². The van der Waals surface area contributed by atoms with E-state index in [2.05, 4.69) is 4.98 Å². The van der Waals surface area contributed by atoms with Gasteiger partial charge in [0.25, 0.3) is 0 Å². The summed E-state index contributed by atoms with van der Waals surface area (Å²) in [5, 5.41) is 28.6. The van der Waals surface area contributed by atoms with Crippen molar-refractivity contribution in [3.05, 3.63) is 71.2 Å². The Morgan fingerprint density at radius 2 is 2.00 bits per heavy atom. The molecule has 0 amide bonds. The number of carbonyl (C=O) groups is 1. The van der Waals surface area contributed by atoms with E-state index in [9.17, 15) is 15.2 Å². The highest BCUT2D eigenvalue weighted by molar-refractivity contribution is 5.90. The summed E-state index contributed by atoms with van der Waals surface area (Å²) in [7, 11) is 1.73. The van der Waals surface area contributed by atoms with Gasteiger partial charge in [-0.05, 0) is 30.3 Å². The third-order valence-corrected chi connectivity index (χ3v) is 3.98. The molecule has 0 bridgehead atoms. The predicted molar refractivity (Wildman–Crippen MR) is 97.3 cm³/mol. The van der Waals surface area contributed by atoms with Gasteiger partial charge < -0.3 is 14.4 Å². The molecule has 3 rings (SSSR count). The van der Waals surface area contributed by atoms with E-state index in [0.717, 1.165) is 5.52 Å². The van der Waals surface area contributed by atoms with Gasteiger partial charge in [-0.3, -0.25) is 0 Å². The van der Waals surface area contributed by atoms with Crippen LogP contribution in [0.1, 0.15) is 21.7 Å². The second-order valence-corrected chi connectivity index (χ2v) is 5.69. The number of hydrogen-bond donors (Lipinski definition) is 1. The number of benzene rings is 2. The summed E-state index contributed by atoms with van der Waals surface area (Å²) in [6.07, 6.45) is 0. The van der Waals surface area contributed by atoms with Crippen molar-refractivity contribution in [3.8, 4) is 12.1 Å². The number of rotatable bonds is 4. The summed E-state index contributed by atoms with van der Waals surface area (Å²) in [4.78, 5) is 16.5. The Bertz CT molecular complexity index is 1150. The number of imidazole rings is 1. The number of allylic oxidation sites excluding steroid dienone is 1. The summed E-state index contributed by atoms with van der Waals surface area (Å²) in [6, 6.07) is 17.2. The van der Waals surface area contributed by atoms with E-state index in [1.165, 1.54) is 12.1 Å². The lowest BCUT2D eigenvalue weighted by atomic mass is 10.1. The summed E-state index contributed by atoms with van der Waals surface area (Å²) in [5.41, 5.74) is 1.91. The molecule has 0 aliphatic rings. The lowest BCUT2D eigenvalue weighted by Gasteiger charge is -2.07. The number of fused-ring (bicyclic) bond motifs is 1. The first-order chi connectivity index (χ1) is 13.0. The van der Waals surface area contributed by atoms with Gasteiger partial charge in [-0.25, -0.2) is 9.78 Å². The van der Waals surface area contributed by atoms with Gasteiger partial charge >= 0.3 is 5.97 Å². The van der Waals surface area contributed by atoms with E-state index in [1.807, 2.05) is 30.3 Å². The Balaban J connectivity index is 1.85. The molecule has 2 aromatic carbocycles. The number of esters is 1. The number of aliphatic hydroxyl groups excluding tert-OH is 1. The molecule has 0 unspecified atom stereocenters. The Kier molecular flexibility index (Phi) is 4.87. The maximum atomic E-state index is 12.1. The number of aliphatic hydroxyl groups is 1. The highest BCUT2D eigenvalue weighted by Gasteiger charge is 2.18. The molecule has 0 saturated carbocycles. The van der Waals surface area contributed by atoms with Crippen LogP contribution in [0.2, 0.25) is 0 Å². The smallest absolute Gasteiger partial charge is 0.338 e. The highest BCUT2D eigenvalue weighted by Crippen LogP contribution is 2.22. The number of ether oxygens (including phenoxy) is 1. The largest absolute Gasteiger partial charge is 0.507 e. The van der Waals surface area contributed by atoms with Crippen molar-refractivity contribution in [1.29, 1.82) is 10.5 Å². The van der Waals surface area contributed by atoms with E-state index in [-0.39, 0.29) is 17.0 Å². The van der Waals surface area contributed by atoms with Gasteiger partial charge in [0.1, 0.15) is 18.2 Å². The van der Waals surface area contributed by atoms with Crippen molar-refractivity contribution in [3.63, 3.8) is 0 Å². The molecule has 27 heavy (non-hydrogen) atoms. The van der Waals surface area contributed by atoms with Crippen molar-refractivity contribution in [1.82, 2.24) is 9.55 Å². The van der Waals surface area contributed by atoms with Gasteiger partial charge in [-0.15, -0.1) is 0 Å². The van der Waals surface area contributed by atoms with Gasteiger partial charge in [-0.2, -0.15) is 10.5 Å². The molecule has 0 fully saturated rings. The molecule has 1 N–H and O–H groups in total. The van der Waals surface area contributed by atoms with Crippen LogP contribution in [0.5, 0.6) is 0 Å². The minimum absolute atomic E-state index is 0.0766. The van der Waals surface area contributed by atoms with Crippen molar-refractivity contribution < 1.29 is 14.6 Å². The molecule has 0 aliphatic heterocycles. The second-order valence-electron chi connectivity index (χ2n) is 5.69. The van der Waals surface area contributed by atoms with E-state index >= 15 is 0 Å². The topological polar surface area (TPSA) is 112 Å². The number of nitrogens with zero attached hydrogens (tertiary/aromatic N) is 4. The van der Waals surface area contributed by atoms with Crippen LogP contribution < -0.4 is 0 Å². The number of aromatic nitrogens is 2. The number of para-hydroxylation sites is 2. The standard InChI is InChI=1S/C20H14N4O3/c1-24-17-8-3-2-7-16(17)23-19(24)15(11-22)18(25)12-27-20(26)14-6-4-5-13(9-14)10-21/h2-9,25H,12H2,1H3/b18-15-. The van der Waals surface area contributed by atoms with Crippen LogP contribution in [-0.2, 0) is 11.8 Å². The SMILES string of the molecule is Cn1c(/C(C#N)=C(\O)COC(=O)c2cccc(C#N)c2)nc2ccccc21. The highest BCUT2D eigenvalue weighted by atomic mass is 16.5. The molecule has 7 heteroatoms. The molecule has 1 heterocycles. The maximum Gasteiger partial charge on any atom is 0.338 e. The molecule has 3 aromatic rings. The predicted octanol–water partition coefficient (Wildman–Crippen LogP) is 3.09. The molecule has 0 spiro atoms. The zero-order chi connectivity index (χ0) is 19.4. The lowest BCUT2D eigenvalue weighted by Crippen LogP contribution is -2.10. The minimum Gasteiger partial charge on any atom is -0.507 e. The van der Waals surface area contributed by atoms with Gasteiger partial charge in [0.15, 0.2) is 11.6 Å². The van der Waals surface area contributed by atoms with Gasteiger partial charge in [-0.1, -0.05) is 18.2 Å². The van der Waals surface area contributed by atoms with Crippen molar-refractivity contribution in [2.24, 2.45) is 7.05 Å². The molecule has 7 nitrogen and oxygen atoms in total. The number of nitriles is 2. The Hall–Kier alpha value is -4.10. The van der Waals surface area contributed by atoms with Gasteiger partial charge in [0.05, 0.1) is 28.2 Å². The first-order valence-corrected chi connectivity index (χ1v) is 7.96. The number of carbonyl (C=O) groups excluding carboxylic acids is 1. The quantitative estimate of drug-likeness (QED) is 0.436. The van der Waals surface area contributed by atoms with Gasteiger partial charge in [0.2, 0.25) is 0 Å². The zero-order valence-electron chi connectivity index (χ0n) is 14.4. The van der Waals surface area contributed by atoms with Crippen molar-refractivity contribution >= 4 is 22.6 Å². The van der Waals surface area contributed by atoms with Crippen molar-refractivity contribution in [2.45, 2.75) is 0 Å². The Morgan fingerprint density at radius 1 is 1.22 bits per heavy atom. The summed E-state index contributed by atoms with van der Waals surface area (Å²) < 4.78 is 6.75. The molecule has 0 aliphatic carbocycles. The molecule has 1 aromatic heterocycles. The van der Waals surface area contributed by atoms with E-state index in [0.29, 0.717) is 11.1 Å². The minimum atomic E-state index is -0.707. The van der Waals surface area contributed by atoms with E-state index < -0.39 is 18.3 Å². The molecule has 0 saturated heterocycles. The second kappa shape index (κ2) is 7.42. The monoisotopic (exact) mass is 358 g/mol.